The summed E-state index contributed by atoms with van der Waals surface area (Å²) in [7, 11) is 0. The molecule has 0 saturated heterocycles. The molecule has 0 amide bonds. The predicted molar refractivity (Wildman–Crippen MR) is 172 cm³/mol. The standard InChI is InChI=1S/C8H10O.C8H10S.C4H10O.C3H8S.2C3H8.2CH4/c2*1-2-7-5-3-4-6-8(7)9;1-3-4(2)5;1-2-3-4;2*1-3-2;;/h2*3-6,9H,2H2,1H3;4-5H,3H2,1-2H3;4H,2-3H2,1H3;2*3H2,1-2H3;2*1H4. The average Bonchev–Trinajstić information content (AvgIpc) is 2.82. The Balaban J connectivity index is -0.0000000759. The zero-order valence-corrected chi connectivity index (χ0v) is 24.7. The van der Waals surface area contributed by atoms with E-state index in [1.54, 1.807) is 13.0 Å². The Kier molecular flexibility index (Phi) is 54.0. The van der Waals surface area contributed by atoms with Crippen molar-refractivity contribution in [3.8, 4) is 5.75 Å². The monoisotopic (exact) mass is 530 g/mol. The van der Waals surface area contributed by atoms with Gasteiger partial charge in [-0.2, -0.15) is 12.6 Å². The molecule has 210 valence electrons. The normalized spacial score (nSPS) is 8.91. The Morgan fingerprint density at radius 3 is 1.23 bits per heavy atom. The molecule has 2 aromatic carbocycles. The van der Waals surface area contributed by atoms with Crippen LogP contribution in [0.15, 0.2) is 53.4 Å². The number of thiol groups is 2. The van der Waals surface area contributed by atoms with Gasteiger partial charge < -0.3 is 10.2 Å². The van der Waals surface area contributed by atoms with Crippen LogP contribution in [0.2, 0.25) is 0 Å². The van der Waals surface area contributed by atoms with Crippen LogP contribution in [0, 0.1) is 0 Å². The largest absolute Gasteiger partial charge is 0.508 e. The van der Waals surface area contributed by atoms with E-state index in [9.17, 15) is 0 Å². The number of aliphatic hydroxyl groups excluding tert-OH is 1. The van der Waals surface area contributed by atoms with Gasteiger partial charge in [-0.1, -0.05) is 119 Å². The Hall–Kier alpha value is -1.10. The molecule has 0 aromatic heterocycles. The number of hydrogen-bond donors (Lipinski definition) is 4. The van der Waals surface area contributed by atoms with Gasteiger partial charge in [-0.05, 0) is 61.6 Å². The molecule has 35 heavy (non-hydrogen) atoms. The molecule has 2 aromatic rings. The summed E-state index contributed by atoms with van der Waals surface area (Å²) >= 11 is 8.20. The maximum atomic E-state index is 9.11. The second-order valence-corrected chi connectivity index (χ2v) is 8.29. The maximum Gasteiger partial charge on any atom is 0.118 e. The number of para-hydroxylation sites is 1. The first kappa shape index (κ1) is 47.1. The first-order valence-corrected chi connectivity index (χ1v) is 13.6. The summed E-state index contributed by atoms with van der Waals surface area (Å²) in [6, 6.07) is 15.5. The van der Waals surface area contributed by atoms with Gasteiger partial charge in [0.1, 0.15) is 5.75 Å². The Bertz CT molecular complexity index is 553. The highest BCUT2D eigenvalue weighted by molar-refractivity contribution is 7.80. The minimum absolute atomic E-state index is 0. The van der Waals surface area contributed by atoms with E-state index in [1.807, 2.05) is 50.2 Å². The third kappa shape index (κ3) is 40.4. The van der Waals surface area contributed by atoms with Crippen molar-refractivity contribution in [3.05, 3.63) is 59.7 Å². The third-order valence-corrected chi connectivity index (χ3v) is 4.44. The second kappa shape index (κ2) is 40.1. The smallest absolute Gasteiger partial charge is 0.118 e. The zero-order chi connectivity index (χ0) is 26.5. The maximum absolute atomic E-state index is 9.11. The predicted octanol–water partition coefficient (Wildman–Crippen LogP) is 10.7. The molecule has 1 unspecified atom stereocenters. The number of benzene rings is 2. The quantitative estimate of drug-likeness (QED) is 0.297. The van der Waals surface area contributed by atoms with Crippen LogP contribution >= 0.6 is 25.3 Å². The summed E-state index contributed by atoms with van der Waals surface area (Å²) < 4.78 is 0. The first-order chi connectivity index (χ1) is 15.7. The topological polar surface area (TPSA) is 40.5 Å². The molecule has 0 heterocycles. The minimum atomic E-state index is -0.116. The lowest BCUT2D eigenvalue weighted by atomic mass is 10.1. The molecule has 0 saturated carbocycles. The van der Waals surface area contributed by atoms with Crippen LogP contribution in [0.5, 0.6) is 5.75 Å². The Labute approximate surface area is 232 Å². The molecule has 0 spiro atoms. The van der Waals surface area contributed by atoms with Gasteiger partial charge in [-0.15, -0.1) is 12.6 Å². The molecule has 0 fully saturated rings. The van der Waals surface area contributed by atoms with Crippen LogP contribution in [0.3, 0.4) is 0 Å². The van der Waals surface area contributed by atoms with Crippen molar-refractivity contribution in [3.63, 3.8) is 0 Å². The van der Waals surface area contributed by atoms with Crippen LogP contribution in [-0.4, -0.2) is 22.1 Å². The van der Waals surface area contributed by atoms with Crippen LogP contribution in [0.1, 0.15) is 114 Å². The van der Waals surface area contributed by atoms with E-state index in [1.165, 1.54) is 24.8 Å². The highest BCUT2D eigenvalue weighted by Gasteiger charge is 1.92. The van der Waals surface area contributed by atoms with E-state index in [0.717, 1.165) is 35.5 Å². The van der Waals surface area contributed by atoms with Gasteiger partial charge >= 0.3 is 0 Å². The Morgan fingerprint density at radius 1 is 0.714 bits per heavy atom. The molecule has 0 aliphatic carbocycles. The van der Waals surface area contributed by atoms with Gasteiger partial charge in [0.2, 0.25) is 0 Å². The van der Waals surface area contributed by atoms with Crippen molar-refractivity contribution in [2.75, 3.05) is 5.75 Å². The van der Waals surface area contributed by atoms with Crippen molar-refractivity contribution in [2.24, 2.45) is 0 Å². The van der Waals surface area contributed by atoms with Gasteiger partial charge in [0.05, 0.1) is 6.10 Å². The number of aromatic hydroxyl groups is 1. The Morgan fingerprint density at radius 2 is 1.03 bits per heavy atom. The fourth-order valence-electron chi connectivity index (χ4n) is 1.62. The van der Waals surface area contributed by atoms with Crippen LogP contribution in [-0.2, 0) is 12.8 Å². The molecule has 0 bridgehead atoms. The average molecular weight is 531 g/mol. The van der Waals surface area contributed by atoms with E-state index in [2.05, 4.69) is 72.9 Å². The van der Waals surface area contributed by atoms with Crippen LogP contribution in [0.25, 0.3) is 0 Å². The fraction of sp³-hybridized carbons (Fsp3) is 0.613. The van der Waals surface area contributed by atoms with Gasteiger partial charge in [-0.25, -0.2) is 0 Å². The lowest BCUT2D eigenvalue weighted by Gasteiger charge is -1.97. The zero-order valence-electron chi connectivity index (χ0n) is 22.9. The summed E-state index contributed by atoms with van der Waals surface area (Å²) in [5, 5.41) is 17.5. The molecule has 4 heteroatoms. The molecular formula is C31H62O2S2. The molecule has 2 N–H and O–H groups in total. The summed E-state index contributed by atoms with van der Waals surface area (Å²) in [4.78, 5) is 1.10. The van der Waals surface area contributed by atoms with Gasteiger partial charge in [0.15, 0.2) is 0 Å². The number of aryl methyl sites for hydroxylation is 2. The summed E-state index contributed by atoms with van der Waals surface area (Å²) in [5.41, 5.74) is 2.33. The molecule has 2 nitrogen and oxygen atoms in total. The lowest BCUT2D eigenvalue weighted by Crippen LogP contribution is -1.93. The minimum Gasteiger partial charge on any atom is -0.508 e. The first-order valence-electron chi connectivity index (χ1n) is 12.5. The van der Waals surface area contributed by atoms with E-state index in [0.29, 0.717) is 5.75 Å². The van der Waals surface area contributed by atoms with Gasteiger partial charge in [-0.3, -0.25) is 0 Å². The van der Waals surface area contributed by atoms with Crippen molar-refractivity contribution < 1.29 is 10.2 Å². The highest BCUT2D eigenvalue weighted by atomic mass is 32.1. The molecule has 0 aliphatic heterocycles. The molecule has 0 radical (unpaired) electrons. The van der Waals surface area contributed by atoms with E-state index < -0.39 is 0 Å². The summed E-state index contributed by atoms with van der Waals surface area (Å²) in [6.07, 6.45) is 6.39. The molecule has 2 rings (SSSR count). The van der Waals surface area contributed by atoms with Crippen LogP contribution in [0.4, 0.5) is 0 Å². The SMILES string of the molecule is C.C.CCC.CCC.CCC(C)O.CCCS.CCc1ccccc1O.CCc1ccccc1S. The molecule has 0 aliphatic rings. The fourth-order valence-corrected chi connectivity index (χ4v) is 1.94. The number of rotatable bonds is 4. The van der Waals surface area contributed by atoms with Crippen molar-refractivity contribution in [1.29, 1.82) is 0 Å². The number of aliphatic hydroxyl groups is 1. The third-order valence-electron chi connectivity index (χ3n) is 3.56. The van der Waals surface area contributed by atoms with Crippen molar-refractivity contribution >= 4 is 25.3 Å². The number of phenolic OH excluding ortho intramolecular Hbond substituents is 1. The number of phenols is 1. The lowest BCUT2D eigenvalue weighted by molar-refractivity contribution is 0.191. The molecular weight excluding hydrogens is 468 g/mol. The van der Waals surface area contributed by atoms with E-state index >= 15 is 0 Å². The van der Waals surface area contributed by atoms with Gasteiger partial charge in [0.25, 0.3) is 0 Å². The van der Waals surface area contributed by atoms with Crippen molar-refractivity contribution in [2.45, 2.75) is 127 Å². The van der Waals surface area contributed by atoms with Crippen LogP contribution < -0.4 is 0 Å². The molecule has 1 atom stereocenters. The van der Waals surface area contributed by atoms with E-state index in [-0.39, 0.29) is 21.0 Å². The van der Waals surface area contributed by atoms with Crippen molar-refractivity contribution in [1.82, 2.24) is 0 Å². The van der Waals surface area contributed by atoms with E-state index in [4.69, 9.17) is 10.2 Å². The number of hydrogen-bond acceptors (Lipinski definition) is 4. The van der Waals surface area contributed by atoms with Gasteiger partial charge in [0, 0.05) is 4.90 Å². The highest BCUT2D eigenvalue weighted by Crippen LogP contribution is 2.15. The summed E-state index contributed by atoms with van der Waals surface area (Å²) in [5.74, 6) is 1.42. The summed E-state index contributed by atoms with van der Waals surface area (Å²) in [6.45, 7) is 18.5. The second-order valence-electron chi connectivity index (χ2n) is 7.36.